The first kappa shape index (κ1) is 15.4. The van der Waals surface area contributed by atoms with E-state index in [0.717, 1.165) is 12.0 Å². The Morgan fingerprint density at radius 2 is 2.05 bits per heavy atom. The third kappa shape index (κ3) is 4.25. The number of nitrogens with one attached hydrogen (secondary N) is 1. The molecule has 3 atom stereocenters. The Morgan fingerprint density at radius 1 is 1.35 bits per heavy atom. The summed E-state index contributed by atoms with van der Waals surface area (Å²) in [6, 6.07) is 9.78. The van der Waals surface area contributed by atoms with E-state index < -0.39 is 6.04 Å². The van der Waals surface area contributed by atoms with Crippen molar-refractivity contribution in [3.05, 3.63) is 35.9 Å². The highest BCUT2D eigenvalue weighted by atomic mass is 32.2. The number of thioether (sulfide) groups is 1. The van der Waals surface area contributed by atoms with Gasteiger partial charge in [-0.25, -0.2) is 0 Å². The largest absolute Gasteiger partial charge is 0.351 e. The third-order valence-electron chi connectivity index (χ3n) is 3.97. The summed E-state index contributed by atoms with van der Waals surface area (Å²) in [4.78, 5) is 12.2. The second-order valence-corrected chi connectivity index (χ2v) is 6.55. The zero-order valence-electron chi connectivity index (χ0n) is 12.0. The average Bonchev–Trinajstić information content (AvgIpc) is 2.48. The molecule has 3 N–H and O–H groups in total. The average molecular weight is 292 g/mol. The Hall–Kier alpha value is -1.00. The van der Waals surface area contributed by atoms with Gasteiger partial charge in [-0.3, -0.25) is 4.79 Å². The van der Waals surface area contributed by atoms with Gasteiger partial charge in [0.15, 0.2) is 0 Å². The van der Waals surface area contributed by atoms with Crippen LogP contribution < -0.4 is 11.1 Å². The van der Waals surface area contributed by atoms with Crippen molar-refractivity contribution in [3.63, 3.8) is 0 Å². The Balaban J connectivity index is 1.87. The zero-order valence-corrected chi connectivity index (χ0v) is 12.9. The van der Waals surface area contributed by atoms with Crippen molar-refractivity contribution < 1.29 is 4.79 Å². The van der Waals surface area contributed by atoms with Crippen LogP contribution in [0.4, 0.5) is 0 Å². The Morgan fingerprint density at radius 3 is 2.75 bits per heavy atom. The summed E-state index contributed by atoms with van der Waals surface area (Å²) in [6.45, 7) is 0. The number of rotatable bonds is 5. The van der Waals surface area contributed by atoms with Gasteiger partial charge in [0.1, 0.15) is 0 Å². The van der Waals surface area contributed by atoms with Crippen LogP contribution >= 0.6 is 11.8 Å². The summed E-state index contributed by atoms with van der Waals surface area (Å²) in [6.07, 6.45) is 7.47. The Kier molecular flexibility index (Phi) is 5.92. The van der Waals surface area contributed by atoms with Crippen molar-refractivity contribution in [1.29, 1.82) is 0 Å². The maximum absolute atomic E-state index is 12.2. The number of benzene rings is 1. The maximum atomic E-state index is 12.2. The van der Waals surface area contributed by atoms with E-state index in [1.807, 2.05) is 42.1 Å². The van der Waals surface area contributed by atoms with Crippen LogP contribution in [0.1, 0.15) is 31.2 Å². The van der Waals surface area contributed by atoms with Crippen molar-refractivity contribution in [3.8, 4) is 0 Å². The lowest BCUT2D eigenvalue weighted by atomic mass is 9.94. The quantitative estimate of drug-likeness (QED) is 0.876. The molecule has 0 heterocycles. The molecule has 1 aliphatic rings. The lowest BCUT2D eigenvalue weighted by molar-refractivity contribution is -0.123. The molecule has 1 aromatic rings. The van der Waals surface area contributed by atoms with Crippen molar-refractivity contribution in [2.75, 3.05) is 6.26 Å². The SMILES string of the molecule is CSC1CCCCC1NC(=O)[C@H](N)Cc1ccccc1. The molecular formula is C16H24N2OS. The zero-order chi connectivity index (χ0) is 14.4. The molecule has 0 radical (unpaired) electrons. The fraction of sp³-hybridized carbons (Fsp3) is 0.562. The molecule has 2 rings (SSSR count). The normalized spacial score (nSPS) is 24.1. The van der Waals surface area contributed by atoms with Gasteiger partial charge in [-0.15, -0.1) is 0 Å². The van der Waals surface area contributed by atoms with Gasteiger partial charge in [-0.2, -0.15) is 11.8 Å². The highest BCUT2D eigenvalue weighted by Crippen LogP contribution is 2.27. The van der Waals surface area contributed by atoms with Crippen LogP contribution in [-0.4, -0.2) is 29.5 Å². The van der Waals surface area contributed by atoms with E-state index in [1.165, 1.54) is 19.3 Å². The predicted molar refractivity (Wildman–Crippen MR) is 85.8 cm³/mol. The first-order chi connectivity index (χ1) is 9.70. The van der Waals surface area contributed by atoms with E-state index in [0.29, 0.717) is 11.7 Å². The second-order valence-electron chi connectivity index (χ2n) is 5.47. The van der Waals surface area contributed by atoms with Gasteiger partial charge in [0, 0.05) is 11.3 Å². The van der Waals surface area contributed by atoms with Crippen molar-refractivity contribution >= 4 is 17.7 Å². The van der Waals surface area contributed by atoms with Gasteiger partial charge in [0.05, 0.1) is 6.04 Å². The molecule has 1 aromatic carbocycles. The van der Waals surface area contributed by atoms with Crippen molar-refractivity contribution in [2.45, 2.75) is 49.4 Å². The topological polar surface area (TPSA) is 55.1 Å². The van der Waals surface area contributed by atoms with E-state index in [9.17, 15) is 4.79 Å². The first-order valence-electron chi connectivity index (χ1n) is 7.33. The van der Waals surface area contributed by atoms with E-state index in [2.05, 4.69) is 11.6 Å². The summed E-state index contributed by atoms with van der Waals surface area (Å²) in [5.41, 5.74) is 7.15. The van der Waals surface area contributed by atoms with Gasteiger partial charge in [0.25, 0.3) is 0 Å². The molecule has 0 bridgehead atoms. The maximum Gasteiger partial charge on any atom is 0.237 e. The molecule has 4 heteroatoms. The van der Waals surface area contributed by atoms with E-state index in [1.54, 1.807) is 0 Å². The van der Waals surface area contributed by atoms with Crippen LogP contribution in [0.3, 0.4) is 0 Å². The monoisotopic (exact) mass is 292 g/mol. The molecule has 0 saturated heterocycles. The lowest BCUT2D eigenvalue weighted by Crippen LogP contribution is -2.50. The Labute approximate surface area is 125 Å². The summed E-state index contributed by atoms with van der Waals surface area (Å²) < 4.78 is 0. The highest BCUT2D eigenvalue weighted by Gasteiger charge is 2.27. The van der Waals surface area contributed by atoms with Crippen molar-refractivity contribution in [1.82, 2.24) is 5.32 Å². The Bertz CT molecular complexity index is 424. The number of carbonyl (C=O) groups excluding carboxylic acids is 1. The van der Waals surface area contributed by atoms with Gasteiger partial charge in [-0.1, -0.05) is 43.2 Å². The predicted octanol–water partition coefficient (Wildman–Crippen LogP) is 2.35. The number of hydrogen-bond acceptors (Lipinski definition) is 3. The fourth-order valence-corrected chi connectivity index (χ4v) is 3.73. The molecule has 0 aromatic heterocycles. The third-order valence-corrected chi connectivity index (χ3v) is 5.14. The minimum Gasteiger partial charge on any atom is -0.351 e. The molecule has 1 aliphatic carbocycles. The van der Waals surface area contributed by atoms with Gasteiger partial charge in [-0.05, 0) is 31.1 Å². The van der Waals surface area contributed by atoms with E-state index in [4.69, 9.17) is 5.73 Å². The van der Waals surface area contributed by atoms with Crippen LogP contribution in [0.2, 0.25) is 0 Å². The molecule has 1 amide bonds. The lowest BCUT2D eigenvalue weighted by Gasteiger charge is -2.31. The van der Waals surface area contributed by atoms with Crippen molar-refractivity contribution in [2.24, 2.45) is 5.73 Å². The summed E-state index contributed by atoms with van der Waals surface area (Å²) >= 11 is 1.86. The molecule has 1 saturated carbocycles. The summed E-state index contributed by atoms with van der Waals surface area (Å²) in [7, 11) is 0. The molecule has 20 heavy (non-hydrogen) atoms. The molecule has 3 nitrogen and oxygen atoms in total. The molecule has 2 unspecified atom stereocenters. The van der Waals surface area contributed by atoms with Crippen LogP contribution in [0.5, 0.6) is 0 Å². The van der Waals surface area contributed by atoms with Gasteiger partial charge in [0.2, 0.25) is 5.91 Å². The van der Waals surface area contributed by atoms with E-state index in [-0.39, 0.29) is 11.9 Å². The fourth-order valence-electron chi connectivity index (χ4n) is 2.79. The highest BCUT2D eigenvalue weighted by molar-refractivity contribution is 7.99. The number of amides is 1. The van der Waals surface area contributed by atoms with Gasteiger partial charge >= 0.3 is 0 Å². The van der Waals surface area contributed by atoms with Crippen LogP contribution in [0, 0.1) is 0 Å². The molecular weight excluding hydrogens is 268 g/mol. The van der Waals surface area contributed by atoms with Crippen LogP contribution in [0.25, 0.3) is 0 Å². The smallest absolute Gasteiger partial charge is 0.237 e. The number of nitrogens with two attached hydrogens (primary N) is 1. The van der Waals surface area contributed by atoms with E-state index >= 15 is 0 Å². The second kappa shape index (κ2) is 7.70. The molecule has 110 valence electrons. The molecule has 0 spiro atoms. The minimum absolute atomic E-state index is 0.0141. The standard InChI is InChI=1S/C16H24N2OS/c1-20-15-10-6-5-9-14(15)18-16(19)13(17)11-12-7-3-2-4-8-12/h2-4,7-8,13-15H,5-6,9-11,17H2,1H3,(H,18,19)/t13-,14?,15?/m1/s1. The summed E-state index contributed by atoms with van der Waals surface area (Å²) in [5.74, 6) is -0.0141. The van der Waals surface area contributed by atoms with Crippen LogP contribution in [0.15, 0.2) is 30.3 Å². The number of carbonyl (C=O) groups is 1. The number of hydrogen-bond donors (Lipinski definition) is 2. The summed E-state index contributed by atoms with van der Waals surface area (Å²) in [5, 5.41) is 3.69. The van der Waals surface area contributed by atoms with Gasteiger partial charge < -0.3 is 11.1 Å². The molecule has 0 aliphatic heterocycles. The molecule has 1 fully saturated rings. The van der Waals surface area contributed by atoms with Crippen LogP contribution in [-0.2, 0) is 11.2 Å². The first-order valence-corrected chi connectivity index (χ1v) is 8.62. The minimum atomic E-state index is -0.457.